The zero-order valence-corrected chi connectivity index (χ0v) is 15.2. The van der Waals surface area contributed by atoms with Gasteiger partial charge in [-0.2, -0.15) is 0 Å². The Balaban J connectivity index is 1.61. The Morgan fingerprint density at radius 3 is 2.92 bits per heavy atom. The summed E-state index contributed by atoms with van der Waals surface area (Å²) in [6.07, 6.45) is 5.93. The first-order valence-corrected chi connectivity index (χ1v) is 9.33. The van der Waals surface area contributed by atoms with Crippen LogP contribution < -0.4 is 0 Å². The maximum Gasteiger partial charge on any atom is 0.302 e. The number of ether oxygens (including phenoxy) is 1. The quantitative estimate of drug-likeness (QED) is 0.742. The van der Waals surface area contributed by atoms with Crippen LogP contribution in [0.15, 0.2) is 23.8 Å². The zero-order chi connectivity index (χ0) is 16.8. The van der Waals surface area contributed by atoms with Gasteiger partial charge in [0.25, 0.3) is 0 Å². The number of nitrogens with zero attached hydrogens (tertiary/aromatic N) is 1. The van der Waals surface area contributed by atoms with Crippen molar-refractivity contribution in [2.24, 2.45) is 11.8 Å². The summed E-state index contributed by atoms with van der Waals surface area (Å²) in [4.78, 5) is 13.9. The molecule has 0 radical (unpaired) electrons. The lowest BCUT2D eigenvalue weighted by Gasteiger charge is -2.51. The van der Waals surface area contributed by atoms with Gasteiger partial charge in [0, 0.05) is 31.5 Å². The minimum atomic E-state index is -0.184. The van der Waals surface area contributed by atoms with Crippen LogP contribution in [0.1, 0.15) is 31.7 Å². The molecule has 3 nitrogen and oxygen atoms in total. The fraction of sp³-hybridized carbons (Fsp3) is 0.526. The van der Waals surface area contributed by atoms with Gasteiger partial charge in [-0.15, -0.1) is 0 Å². The molecule has 4 bridgehead atoms. The Labute approximate surface area is 152 Å². The Hall–Kier alpha value is -1.03. The van der Waals surface area contributed by atoms with Crippen molar-refractivity contribution in [2.45, 2.75) is 38.3 Å². The van der Waals surface area contributed by atoms with E-state index in [4.69, 9.17) is 27.9 Å². The van der Waals surface area contributed by atoms with Crippen molar-refractivity contribution in [1.29, 1.82) is 0 Å². The predicted molar refractivity (Wildman–Crippen MR) is 96.2 cm³/mol. The average Bonchev–Trinajstić information content (AvgIpc) is 2.86. The molecule has 5 heteroatoms. The highest BCUT2D eigenvalue weighted by molar-refractivity contribution is 6.42. The van der Waals surface area contributed by atoms with Crippen LogP contribution in [0.2, 0.25) is 10.0 Å². The molecule has 5 atom stereocenters. The van der Waals surface area contributed by atoms with Crippen molar-refractivity contribution in [3.8, 4) is 0 Å². The second-order valence-corrected chi connectivity index (χ2v) is 7.99. The van der Waals surface area contributed by atoms with Gasteiger partial charge >= 0.3 is 5.97 Å². The molecule has 24 heavy (non-hydrogen) atoms. The van der Waals surface area contributed by atoms with Crippen LogP contribution in [-0.2, 0) is 9.53 Å². The summed E-state index contributed by atoms with van der Waals surface area (Å²) in [7, 11) is 0. The maximum atomic E-state index is 11.3. The third-order valence-electron chi connectivity index (χ3n) is 5.84. The molecular weight excluding hydrogens is 345 g/mol. The minimum Gasteiger partial charge on any atom is -0.465 e. The number of piperidine rings is 3. The number of halogens is 2. The molecule has 1 unspecified atom stereocenters. The average molecular weight is 366 g/mol. The standard InChI is InChI=1S/C19H21Cl2NO2/c1-11(23)24-10-16-15-8-14-3-5-19(16)22(14)9-13(15)6-12-2-4-17(20)18(21)7-12/h2,4,6-7,14-16,19H,3,5,8-10H2,1H3/b13-6+/t14-,15+,16+,19+/m0/s1. The first kappa shape index (κ1) is 16.4. The van der Waals surface area contributed by atoms with Gasteiger partial charge in [0.05, 0.1) is 16.7 Å². The van der Waals surface area contributed by atoms with Crippen LogP contribution in [0.4, 0.5) is 0 Å². The number of benzene rings is 1. The number of hydrogen-bond donors (Lipinski definition) is 0. The number of esters is 1. The molecule has 0 amide bonds. The lowest BCUT2D eigenvalue weighted by Crippen LogP contribution is -2.57. The maximum absolute atomic E-state index is 11.3. The van der Waals surface area contributed by atoms with Crippen molar-refractivity contribution in [1.82, 2.24) is 4.90 Å². The highest BCUT2D eigenvalue weighted by Crippen LogP contribution is 2.50. The molecule has 128 valence electrons. The first-order valence-electron chi connectivity index (χ1n) is 8.57. The third kappa shape index (κ3) is 2.87. The number of hydrogen-bond acceptors (Lipinski definition) is 3. The smallest absolute Gasteiger partial charge is 0.302 e. The van der Waals surface area contributed by atoms with Gasteiger partial charge in [-0.25, -0.2) is 0 Å². The Morgan fingerprint density at radius 1 is 1.33 bits per heavy atom. The molecule has 4 heterocycles. The van der Waals surface area contributed by atoms with E-state index in [0.29, 0.717) is 40.6 Å². The number of carbonyl (C=O) groups excluding carboxylic acids is 1. The molecule has 5 rings (SSSR count). The molecule has 0 saturated carbocycles. The summed E-state index contributed by atoms with van der Waals surface area (Å²) in [5, 5.41) is 1.17. The monoisotopic (exact) mass is 365 g/mol. The molecule has 1 aromatic carbocycles. The van der Waals surface area contributed by atoms with Crippen molar-refractivity contribution in [3.05, 3.63) is 39.4 Å². The fourth-order valence-electron chi connectivity index (χ4n) is 4.83. The topological polar surface area (TPSA) is 29.5 Å². The Bertz CT molecular complexity index is 703. The van der Waals surface area contributed by atoms with Gasteiger partial charge in [0.2, 0.25) is 0 Å². The molecule has 4 aliphatic heterocycles. The summed E-state index contributed by atoms with van der Waals surface area (Å²) in [6.45, 7) is 3.05. The van der Waals surface area contributed by atoms with E-state index in [9.17, 15) is 4.79 Å². The largest absolute Gasteiger partial charge is 0.465 e. The summed E-state index contributed by atoms with van der Waals surface area (Å²) in [6, 6.07) is 7.05. The number of carbonyl (C=O) groups is 1. The molecule has 0 aromatic heterocycles. The molecule has 0 aliphatic carbocycles. The normalized spacial score (nSPS) is 35.5. The van der Waals surface area contributed by atoms with E-state index < -0.39 is 0 Å². The fourth-order valence-corrected chi connectivity index (χ4v) is 5.13. The van der Waals surface area contributed by atoms with Crippen molar-refractivity contribution >= 4 is 35.2 Å². The molecule has 4 saturated heterocycles. The molecule has 1 aromatic rings. The molecule has 4 fully saturated rings. The van der Waals surface area contributed by atoms with Gasteiger partial charge in [-0.3, -0.25) is 9.69 Å². The Kier molecular flexibility index (Phi) is 4.36. The van der Waals surface area contributed by atoms with Gasteiger partial charge in [-0.1, -0.05) is 40.9 Å². The van der Waals surface area contributed by atoms with Crippen LogP contribution in [0, 0.1) is 11.8 Å². The highest BCUT2D eigenvalue weighted by Gasteiger charge is 2.52. The number of fused-ring (bicyclic) bond motifs is 1. The van der Waals surface area contributed by atoms with Gasteiger partial charge in [-0.05, 0) is 42.9 Å². The van der Waals surface area contributed by atoms with E-state index >= 15 is 0 Å². The van der Waals surface area contributed by atoms with Crippen LogP contribution in [0.3, 0.4) is 0 Å². The van der Waals surface area contributed by atoms with E-state index in [1.54, 1.807) is 0 Å². The SMILES string of the molecule is CC(=O)OC[C@@H]1[C@@H]2C[C@@H]3CC[C@H]1N3C/C2=C\c1ccc(Cl)c(Cl)c1. The molecule has 0 spiro atoms. The lowest BCUT2D eigenvalue weighted by molar-refractivity contribution is -0.145. The third-order valence-corrected chi connectivity index (χ3v) is 6.58. The molecule has 4 aliphatic rings. The van der Waals surface area contributed by atoms with E-state index in [-0.39, 0.29) is 5.97 Å². The van der Waals surface area contributed by atoms with Gasteiger partial charge in [0.1, 0.15) is 0 Å². The van der Waals surface area contributed by atoms with E-state index in [0.717, 1.165) is 12.1 Å². The van der Waals surface area contributed by atoms with E-state index in [1.807, 2.05) is 18.2 Å². The number of rotatable bonds is 3. The van der Waals surface area contributed by atoms with Crippen LogP contribution in [0.25, 0.3) is 6.08 Å². The zero-order valence-electron chi connectivity index (χ0n) is 13.7. The minimum absolute atomic E-state index is 0.184. The predicted octanol–water partition coefficient (Wildman–Crippen LogP) is 4.42. The van der Waals surface area contributed by atoms with Crippen LogP contribution in [-0.4, -0.2) is 36.1 Å². The van der Waals surface area contributed by atoms with E-state index in [2.05, 4.69) is 11.0 Å². The molecular formula is C19H21Cl2NO2. The van der Waals surface area contributed by atoms with Crippen molar-refractivity contribution < 1.29 is 9.53 Å². The highest BCUT2D eigenvalue weighted by atomic mass is 35.5. The Morgan fingerprint density at radius 2 is 2.17 bits per heavy atom. The van der Waals surface area contributed by atoms with E-state index in [1.165, 1.54) is 31.8 Å². The van der Waals surface area contributed by atoms with Crippen molar-refractivity contribution in [2.75, 3.05) is 13.2 Å². The van der Waals surface area contributed by atoms with Crippen molar-refractivity contribution in [3.63, 3.8) is 0 Å². The lowest BCUT2D eigenvalue weighted by atomic mass is 9.71. The van der Waals surface area contributed by atoms with Crippen LogP contribution >= 0.6 is 23.2 Å². The summed E-state index contributed by atoms with van der Waals surface area (Å²) in [5.74, 6) is 0.729. The summed E-state index contributed by atoms with van der Waals surface area (Å²) in [5.41, 5.74) is 2.52. The second kappa shape index (κ2) is 6.36. The second-order valence-electron chi connectivity index (χ2n) is 7.17. The summed E-state index contributed by atoms with van der Waals surface area (Å²) >= 11 is 12.2. The summed E-state index contributed by atoms with van der Waals surface area (Å²) < 4.78 is 5.39. The van der Waals surface area contributed by atoms with Gasteiger partial charge in [0.15, 0.2) is 0 Å². The molecule has 0 N–H and O–H groups in total. The van der Waals surface area contributed by atoms with Crippen LogP contribution in [0.5, 0.6) is 0 Å². The van der Waals surface area contributed by atoms with Gasteiger partial charge < -0.3 is 4.74 Å². The first-order chi connectivity index (χ1) is 11.5.